The third-order valence-corrected chi connectivity index (χ3v) is 10.2. The van der Waals surface area contributed by atoms with Crippen LogP contribution in [0.5, 0.6) is 0 Å². The zero-order valence-electron chi connectivity index (χ0n) is 31.9. The molecular weight excluding hydrogens is 703 g/mol. The fourth-order valence-electron chi connectivity index (χ4n) is 7.12. The van der Waals surface area contributed by atoms with E-state index in [2.05, 4.69) is 49.1 Å². The van der Waals surface area contributed by atoms with E-state index >= 15 is 0 Å². The molecule has 56 heavy (non-hydrogen) atoms. The smallest absolute Gasteiger partial charge is 0.253 e. The minimum atomic E-state index is 0.0528. The molecular formula is C44H49N9O3. The molecule has 2 amide bonds. The maximum Gasteiger partial charge on any atom is 0.253 e. The van der Waals surface area contributed by atoms with Crippen LogP contribution in [0.15, 0.2) is 110 Å². The fourth-order valence-corrected chi connectivity index (χ4v) is 7.12. The number of nitrogens with one attached hydrogen (secondary N) is 4. The highest BCUT2D eigenvalue weighted by atomic mass is 16.5. The lowest BCUT2D eigenvalue weighted by molar-refractivity contribution is 0.0594. The maximum atomic E-state index is 13.1. The summed E-state index contributed by atoms with van der Waals surface area (Å²) in [4.78, 5) is 32.1. The van der Waals surface area contributed by atoms with Crippen molar-refractivity contribution >= 4 is 56.4 Å². The summed E-state index contributed by atoms with van der Waals surface area (Å²) in [5, 5.41) is 23.2. The number of amides is 2. The van der Waals surface area contributed by atoms with Crippen molar-refractivity contribution in [2.45, 2.75) is 19.3 Å². The first-order valence-electron chi connectivity index (χ1n) is 19.2. The van der Waals surface area contributed by atoms with Gasteiger partial charge in [0.2, 0.25) is 0 Å². The Kier molecular flexibility index (Phi) is 12.2. The van der Waals surface area contributed by atoms with Crippen LogP contribution in [0.4, 0.5) is 11.4 Å². The zero-order valence-corrected chi connectivity index (χ0v) is 31.9. The van der Waals surface area contributed by atoms with Gasteiger partial charge in [0, 0.05) is 86.2 Å². The van der Waals surface area contributed by atoms with E-state index in [1.807, 2.05) is 107 Å². The summed E-state index contributed by atoms with van der Waals surface area (Å²) >= 11 is 0. The third-order valence-electron chi connectivity index (χ3n) is 10.2. The number of fused-ring (bicyclic) bond motifs is 2. The Bertz CT molecular complexity index is 2290. The number of anilines is 2. The molecule has 12 nitrogen and oxygen atoms in total. The van der Waals surface area contributed by atoms with Crippen LogP contribution in [0.25, 0.3) is 33.2 Å². The summed E-state index contributed by atoms with van der Waals surface area (Å²) < 4.78 is 5.15. The number of aromatic amines is 2. The molecule has 2 saturated heterocycles. The molecule has 2 aliphatic heterocycles. The molecule has 2 aliphatic rings. The van der Waals surface area contributed by atoms with Gasteiger partial charge in [0.1, 0.15) is 11.4 Å². The molecule has 288 valence electrons. The van der Waals surface area contributed by atoms with Gasteiger partial charge in [-0.3, -0.25) is 24.7 Å². The number of hydrogen-bond donors (Lipinski definition) is 4. The van der Waals surface area contributed by atoms with Crippen molar-refractivity contribution in [3.8, 4) is 0 Å². The quantitative estimate of drug-likeness (QED) is 0.108. The number of para-hydroxylation sites is 2. The highest BCUT2D eigenvalue weighted by molar-refractivity contribution is 6.02. The molecule has 0 unspecified atom stereocenters. The Morgan fingerprint density at radius 3 is 1.57 bits per heavy atom. The summed E-state index contributed by atoms with van der Waals surface area (Å²) in [7, 11) is 1.71. The molecule has 0 bridgehead atoms. The minimum absolute atomic E-state index is 0.0528. The van der Waals surface area contributed by atoms with Gasteiger partial charge in [-0.05, 0) is 79.9 Å². The van der Waals surface area contributed by atoms with Crippen molar-refractivity contribution in [1.82, 2.24) is 35.1 Å². The molecule has 4 N–H and O–H groups in total. The Balaban J connectivity index is 0.000000173. The third kappa shape index (κ3) is 8.99. The fraction of sp³-hybridized carbons (Fsp3) is 0.273. The summed E-state index contributed by atoms with van der Waals surface area (Å²) in [6.07, 6.45) is 3.38. The number of rotatable bonds is 11. The van der Waals surface area contributed by atoms with Gasteiger partial charge in [-0.15, -0.1) is 0 Å². The van der Waals surface area contributed by atoms with E-state index in [4.69, 9.17) is 4.74 Å². The first-order valence-corrected chi connectivity index (χ1v) is 19.2. The van der Waals surface area contributed by atoms with Crippen LogP contribution in [0.2, 0.25) is 0 Å². The first-order chi connectivity index (χ1) is 27.4. The molecule has 12 heteroatoms. The number of nitrogens with zero attached hydrogens (tertiary/aromatic N) is 5. The van der Waals surface area contributed by atoms with Crippen molar-refractivity contribution in [3.63, 3.8) is 0 Å². The largest absolute Gasteiger partial charge is 0.383 e. The second-order valence-electron chi connectivity index (χ2n) is 14.1. The number of likely N-dealkylation sites (tertiary alicyclic amines) is 1. The van der Waals surface area contributed by atoms with Crippen LogP contribution in [0.1, 0.15) is 51.4 Å². The molecule has 8 rings (SSSR count). The predicted octanol–water partition coefficient (Wildman–Crippen LogP) is 7.32. The van der Waals surface area contributed by atoms with Crippen molar-refractivity contribution in [1.29, 1.82) is 0 Å². The van der Waals surface area contributed by atoms with Crippen LogP contribution in [-0.4, -0.2) is 106 Å². The van der Waals surface area contributed by atoms with Gasteiger partial charge in [0.05, 0.1) is 29.0 Å². The molecule has 0 spiro atoms. The number of ether oxygens (including phenoxy) is 1. The van der Waals surface area contributed by atoms with E-state index in [-0.39, 0.29) is 11.8 Å². The number of carbonyl (C=O) groups is 2. The van der Waals surface area contributed by atoms with Crippen LogP contribution in [0.3, 0.4) is 0 Å². The van der Waals surface area contributed by atoms with Crippen LogP contribution >= 0.6 is 0 Å². The summed E-state index contributed by atoms with van der Waals surface area (Å²) in [5.74, 6) is 0.150. The second-order valence-corrected chi connectivity index (χ2v) is 14.1. The summed E-state index contributed by atoms with van der Waals surface area (Å²) in [5.41, 5.74) is 7.87. The maximum absolute atomic E-state index is 13.1. The number of H-pyrrole nitrogens is 2. The number of hydrogen-bond acceptors (Lipinski definition) is 8. The number of piperazine rings is 1. The van der Waals surface area contributed by atoms with E-state index < -0.39 is 0 Å². The van der Waals surface area contributed by atoms with E-state index in [0.29, 0.717) is 28.2 Å². The van der Waals surface area contributed by atoms with Gasteiger partial charge < -0.3 is 25.2 Å². The van der Waals surface area contributed by atoms with Gasteiger partial charge in [-0.1, -0.05) is 49.6 Å². The van der Waals surface area contributed by atoms with Gasteiger partial charge in [-0.2, -0.15) is 10.2 Å². The van der Waals surface area contributed by atoms with Gasteiger partial charge >= 0.3 is 0 Å². The lowest BCUT2D eigenvalue weighted by atomic mass is 10.1. The highest BCUT2D eigenvalue weighted by Crippen LogP contribution is 2.27. The van der Waals surface area contributed by atoms with E-state index in [1.54, 1.807) is 7.11 Å². The Hall–Kier alpha value is -6.24. The molecule has 0 aliphatic carbocycles. The predicted molar refractivity (Wildman–Crippen MR) is 224 cm³/mol. The average molecular weight is 752 g/mol. The normalized spacial score (nSPS) is 14.6. The number of carbonyl (C=O) groups excluding carboxylic acids is 2. The minimum Gasteiger partial charge on any atom is -0.383 e. The van der Waals surface area contributed by atoms with Crippen molar-refractivity contribution in [2.24, 2.45) is 0 Å². The van der Waals surface area contributed by atoms with Gasteiger partial charge in [-0.25, -0.2) is 0 Å². The lowest BCUT2D eigenvalue weighted by Gasteiger charge is -2.34. The topological polar surface area (TPSA) is 135 Å². The van der Waals surface area contributed by atoms with Crippen molar-refractivity contribution in [2.75, 3.05) is 70.2 Å². The van der Waals surface area contributed by atoms with E-state index in [0.717, 1.165) is 104 Å². The number of benzene rings is 4. The van der Waals surface area contributed by atoms with Gasteiger partial charge in [0.15, 0.2) is 0 Å². The van der Waals surface area contributed by atoms with Crippen molar-refractivity contribution in [3.05, 3.63) is 133 Å². The molecule has 0 atom stereocenters. The molecule has 2 aromatic heterocycles. The molecule has 2 fully saturated rings. The Morgan fingerprint density at radius 1 is 0.643 bits per heavy atom. The standard InChI is InChI=1S/C23H27N5O2.C21H22N4O/c1-17(24-19-6-4-3-5-7-19)22-20-16-18(8-9-21(20)25-26-22)23(29)28-12-10-27(11-13-28)14-15-30-2;1-15(22-17-8-4-2-5-9-17)20-18-14-16(10-11-19(18)23-24-20)21(26)25-12-6-3-7-13-25/h3-9,16,24H,1,10-15H2,2H3,(H,25,26);2,4-5,8-11,14,22H,1,3,6-7,12-13H2,(H,23,24). The monoisotopic (exact) mass is 751 g/mol. The highest BCUT2D eigenvalue weighted by Gasteiger charge is 2.23. The SMILES string of the molecule is C=C(Nc1ccccc1)c1n[nH]c2ccc(C(=O)N3CCCCC3)cc12.C=C(Nc1ccccc1)c1n[nH]c2ccc(C(=O)N3CCN(CCOC)CC3)cc12. The molecule has 6 aromatic rings. The summed E-state index contributed by atoms with van der Waals surface area (Å²) in [6, 6.07) is 31.1. The second kappa shape index (κ2) is 17.9. The average Bonchev–Trinajstić information content (AvgIpc) is 3.88. The molecule has 4 aromatic carbocycles. The number of piperidine rings is 1. The zero-order chi connectivity index (χ0) is 38.9. The molecule has 0 saturated carbocycles. The number of methoxy groups -OCH3 is 1. The Morgan fingerprint density at radius 2 is 1.11 bits per heavy atom. The lowest BCUT2D eigenvalue weighted by Crippen LogP contribution is -2.49. The van der Waals surface area contributed by atoms with Crippen LogP contribution < -0.4 is 10.6 Å². The first kappa shape index (κ1) is 38.1. The van der Waals surface area contributed by atoms with Gasteiger partial charge in [0.25, 0.3) is 11.8 Å². The molecule has 0 radical (unpaired) electrons. The summed E-state index contributed by atoms with van der Waals surface area (Å²) in [6.45, 7) is 14.7. The number of aromatic nitrogens is 4. The Labute approximate surface area is 327 Å². The van der Waals surface area contributed by atoms with Crippen LogP contribution in [-0.2, 0) is 4.74 Å². The van der Waals surface area contributed by atoms with E-state index in [1.165, 1.54) is 6.42 Å². The van der Waals surface area contributed by atoms with Crippen molar-refractivity contribution < 1.29 is 14.3 Å². The van der Waals surface area contributed by atoms with Crippen LogP contribution in [0, 0.1) is 0 Å². The van der Waals surface area contributed by atoms with E-state index in [9.17, 15) is 9.59 Å². The molecule has 4 heterocycles.